The Bertz CT molecular complexity index is 411. The van der Waals surface area contributed by atoms with E-state index in [0.717, 1.165) is 17.2 Å². The van der Waals surface area contributed by atoms with E-state index in [2.05, 4.69) is 22.0 Å². The number of hydrogen-bond acceptors (Lipinski definition) is 5. The molecule has 2 aromatic rings. The van der Waals surface area contributed by atoms with Crippen LogP contribution in [0, 0.1) is 0 Å². The molecule has 0 aromatic carbocycles. The molecule has 77 valence electrons. The minimum atomic E-state index is 0. The molecule has 0 atom stereocenters. The first-order valence-corrected chi connectivity index (χ1v) is 5.12. The van der Waals surface area contributed by atoms with Gasteiger partial charge >= 0.3 is 0 Å². The standard InChI is InChI=1S/C7H8N4S2.Rh/c1-2-5-3-13-7(10-5)11-6(12)8-4-9-11;/h3-4H,2H2,1H3,(H,8,9,12);/p-1. The van der Waals surface area contributed by atoms with Crippen molar-refractivity contribution in [1.82, 2.24) is 19.7 Å². The summed E-state index contributed by atoms with van der Waals surface area (Å²) in [6.45, 7) is 2.06. The van der Waals surface area contributed by atoms with Gasteiger partial charge in [0, 0.05) is 30.0 Å². The maximum atomic E-state index is 4.97. The average molecular weight is 314 g/mol. The third-order valence-corrected chi connectivity index (χ3v) is 2.74. The summed E-state index contributed by atoms with van der Waals surface area (Å²) in [4.78, 5) is 8.21. The van der Waals surface area contributed by atoms with Gasteiger partial charge in [0.2, 0.25) is 5.13 Å². The molecule has 0 saturated heterocycles. The molecule has 2 rings (SSSR count). The monoisotopic (exact) mass is 314 g/mol. The van der Waals surface area contributed by atoms with Crippen molar-refractivity contribution in [2.75, 3.05) is 0 Å². The zero-order chi connectivity index (χ0) is 9.26. The fraction of sp³-hybridized carbons (Fsp3) is 0.286. The number of rotatable bonds is 2. The topological polar surface area (TPSA) is 43.6 Å². The van der Waals surface area contributed by atoms with Crippen LogP contribution < -0.4 is 0 Å². The molecule has 7 heteroatoms. The Morgan fingerprint density at radius 3 is 2.86 bits per heavy atom. The Labute approximate surface area is 104 Å². The van der Waals surface area contributed by atoms with Crippen molar-refractivity contribution in [1.29, 1.82) is 0 Å². The first-order chi connectivity index (χ1) is 6.31. The van der Waals surface area contributed by atoms with Gasteiger partial charge in [-0.15, -0.1) is 11.3 Å². The van der Waals surface area contributed by atoms with Crippen molar-refractivity contribution >= 4 is 24.0 Å². The Hall–Kier alpha value is -0.387. The number of nitrogens with zero attached hydrogens (tertiary/aromatic N) is 4. The van der Waals surface area contributed by atoms with Gasteiger partial charge in [0.05, 0.1) is 5.69 Å². The SMILES string of the molecule is CCc1csc(-n2ncnc2[S-])n1.[Rh]. The normalized spacial score (nSPS) is 9.79. The van der Waals surface area contributed by atoms with Crippen LogP contribution >= 0.6 is 11.3 Å². The first-order valence-electron chi connectivity index (χ1n) is 3.83. The summed E-state index contributed by atoms with van der Waals surface area (Å²) in [6.07, 6.45) is 2.37. The van der Waals surface area contributed by atoms with Crippen molar-refractivity contribution in [3.63, 3.8) is 0 Å². The van der Waals surface area contributed by atoms with Gasteiger partial charge in [-0.2, -0.15) is 5.10 Å². The predicted octanol–water partition coefficient (Wildman–Crippen LogP) is 1.19. The largest absolute Gasteiger partial charge is 0.740 e. The number of hydrogen-bond donors (Lipinski definition) is 0. The van der Waals surface area contributed by atoms with Crippen molar-refractivity contribution in [2.45, 2.75) is 18.5 Å². The van der Waals surface area contributed by atoms with E-state index >= 15 is 0 Å². The van der Waals surface area contributed by atoms with Crippen LogP contribution in [0.4, 0.5) is 0 Å². The second-order valence-electron chi connectivity index (χ2n) is 2.43. The third-order valence-electron chi connectivity index (χ3n) is 1.60. The molecule has 0 amide bonds. The van der Waals surface area contributed by atoms with Gasteiger partial charge in [0.1, 0.15) is 6.33 Å². The van der Waals surface area contributed by atoms with E-state index in [1.165, 1.54) is 17.7 Å². The Morgan fingerprint density at radius 2 is 2.36 bits per heavy atom. The molecule has 14 heavy (non-hydrogen) atoms. The van der Waals surface area contributed by atoms with Crippen LogP contribution in [0.15, 0.2) is 16.9 Å². The van der Waals surface area contributed by atoms with Crippen LogP contribution in [-0.4, -0.2) is 19.7 Å². The van der Waals surface area contributed by atoms with Gasteiger partial charge in [0.15, 0.2) is 0 Å². The molecule has 1 radical (unpaired) electrons. The maximum Gasteiger partial charge on any atom is 0.210 e. The van der Waals surface area contributed by atoms with Crippen LogP contribution in [-0.2, 0) is 38.5 Å². The number of aryl methyl sites for hydroxylation is 1. The molecule has 4 nitrogen and oxygen atoms in total. The van der Waals surface area contributed by atoms with Crippen molar-refractivity contribution in [3.05, 3.63) is 17.4 Å². The summed E-state index contributed by atoms with van der Waals surface area (Å²) in [5.74, 6) is 0. The molecule has 0 aliphatic heterocycles. The molecular formula is C7H7N4RhS2-. The maximum absolute atomic E-state index is 4.97. The molecule has 0 saturated carbocycles. The summed E-state index contributed by atoms with van der Waals surface area (Å²) < 4.78 is 1.57. The second-order valence-corrected chi connectivity index (χ2v) is 3.63. The summed E-state index contributed by atoms with van der Waals surface area (Å²) in [5, 5.41) is 7.24. The summed E-state index contributed by atoms with van der Waals surface area (Å²) in [6, 6.07) is 0. The fourth-order valence-electron chi connectivity index (χ4n) is 0.918. The van der Waals surface area contributed by atoms with Crippen molar-refractivity contribution < 1.29 is 19.5 Å². The molecule has 0 fully saturated rings. The number of thiazole rings is 1. The Balaban J connectivity index is 0.000000980. The van der Waals surface area contributed by atoms with Gasteiger partial charge in [-0.3, -0.25) is 0 Å². The summed E-state index contributed by atoms with van der Waals surface area (Å²) >= 11 is 6.50. The van der Waals surface area contributed by atoms with Crippen LogP contribution in [0.3, 0.4) is 0 Å². The third kappa shape index (κ3) is 2.16. The Morgan fingerprint density at radius 1 is 1.57 bits per heavy atom. The van der Waals surface area contributed by atoms with Gasteiger partial charge in [-0.25, -0.2) is 14.6 Å². The first kappa shape index (κ1) is 11.7. The van der Waals surface area contributed by atoms with E-state index in [1.807, 2.05) is 5.38 Å². The minimum absolute atomic E-state index is 0. The van der Waals surface area contributed by atoms with E-state index in [4.69, 9.17) is 12.6 Å². The molecule has 2 aromatic heterocycles. The second kappa shape index (κ2) is 4.91. The number of aromatic nitrogens is 4. The van der Waals surface area contributed by atoms with E-state index in [9.17, 15) is 0 Å². The van der Waals surface area contributed by atoms with Crippen LogP contribution in [0.2, 0.25) is 0 Å². The van der Waals surface area contributed by atoms with E-state index in [-0.39, 0.29) is 19.5 Å². The molecule has 0 aliphatic carbocycles. The van der Waals surface area contributed by atoms with Gasteiger partial charge in [-0.1, -0.05) is 6.92 Å². The van der Waals surface area contributed by atoms with Crippen LogP contribution in [0.25, 0.3) is 5.13 Å². The summed E-state index contributed by atoms with van der Waals surface area (Å²) in [5.41, 5.74) is 1.06. The molecule has 2 heterocycles. The molecule has 0 aliphatic rings. The zero-order valence-corrected chi connectivity index (χ0v) is 10.6. The molecule has 0 N–H and O–H groups in total. The van der Waals surface area contributed by atoms with Crippen molar-refractivity contribution in [2.24, 2.45) is 0 Å². The molecular weight excluding hydrogens is 307 g/mol. The van der Waals surface area contributed by atoms with E-state index in [1.54, 1.807) is 4.68 Å². The Kier molecular flexibility index (Phi) is 4.10. The van der Waals surface area contributed by atoms with E-state index < -0.39 is 0 Å². The fourth-order valence-corrected chi connectivity index (χ4v) is 2.02. The molecule has 0 spiro atoms. The van der Waals surface area contributed by atoms with Crippen LogP contribution in [0.5, 0.6) is 0 Å². The predicted molar refractivity (Wildman–Crippen MR) is 52.0 cm³/mol. The van der Waals surface area contributed by atoms with Crippen LogP contribution in [0.1, 0.15) is 12.6 Å². The average Bonchev–Trinajstić information content (AvgIpc) is 2.71. The smallest absolute Gasteiger partial charge is 0.210 e. The zero-order valence-electron chi connectivity index (χ0n) is 7.30. The van der Waals surface area contributed by atoms with Gasteiger partial charge < -0.3 is 12.6 Å². The minimum Gasteiger partial charge on any atom is -0.740 e. The van der Waals surface area contributed by atoms with Gasteiger partial charge in [0.25, 0.3) is 0 Å². The quantitative estimate of drug-likeness (QED) is 0.617. The van der Waals surface area contributed by atoms with Gasteiger partial charge in [-0.05, 0) is 6.42 Å². The van der Waals surface area contributed by atoms with Crippen molar-refractivity contribution in [3.8, 4) is 5.13 Å². The molecule has 0 bridgehead atoms. The molecule has 0 unspecified atom stereocenters. The summed E-state index contributed by atoms with van der Waals surface area (Å²) in [7, 11) is 0. The van der Waals surface area contributed by atoms with E-state index in [0.29, 0.717) is 5.16 Å².